The first kappa shape index (κ1) is 20.0. The second-order valence-corrected chi connectivity index (χ2v) is 8.06. The molecule has 2 heterocycles. The maximum absolute atomic E-state index is 14.2. The summed E-state index contributed by atoms with van der Waals surface area (Å²) in [5.74, 6) is 0.766. The number of aromatic nitrogens is 2. The van der Waals surface area contributed by atoms with Crippen molar-refractivity contribution in [2.45, 2.75) is 18.8 Å². The molecule has 1 aliphatic rings. The third-order valence-corrected chi connectivity index (χ3v) is 6.13. The molecular formula is C26H21FN4O. The fourth-order valence-corrected chi connectivity index (χ4v) is 4.38. The molecule has 5 rings (SSSR count). The summed E-state index contributed by atoms with van der Waals surface area (Å²) in [5.41, 5.74) is 3.94. The number of rotatable bonds is 3. The molecule has 0 bridgehead atoms. The van der Waals surface area contributed by atoms with Gasteiger partial charge in [-0.15, -0.1) is 0 Å². The molecule has 1 saturated heterocycles. The summed E-state index contributed by atoms with van der Waals surface area (Å²) >= 11 is 0. The van der Waals surface area contributed by atoms with Gasteiger partial charge in [0.2, 0.25) is 0 Å². The molecule has 1 fully saturated rings. The molecule has 0 unspecified atom stereocenters. The smallest absolute Gasteiger partial charge is 0.255 e. The first-order chi connectivity index (χ1) is 15.6. The van der Waals surface area contributed by atoms with Crippen LogP contribution in [-0.4, -0.2) is 33.9 Å². The largest absolute Gasteiger partial charge is 0.342 e. The number of imidazole rings is 1. The first-order valence-corrected chi connectivity index (χ1v) is 10.7. The highest BCUT2D eigenvalue weighted by Gasteiger charge is 2.27. The van der Waals surface area contributed by atoms with Gasteiger partial charge in [0.25, 0.3) is 5.91 Å². The minimum Gasteiger partial charge on any atom is -0.342 e. The summed E-state index contributed by atoms with van der Waals surface area (Å²) in [6.07, 6.45) is 1.58. The molecular weight excluding hydrogens is 403 g/mol. The zero-order valence-corrected chi connectivity index (χ0v) is 17.4. The number of nitriles is 1. The minimum absolute atomic E-state index is 0.0975. The summed E-state index contributed by atoms with van der Waals surface area (Å²) in [6, 6.07) is 21.5. The molecule has 0 aliphatic carbocycles. The predicted octanol–water partition coefficient (Wildman–Crippen LogP) is 5.26. The number of hydrogen-bond donors (Lipinski definition) is 1. The van der Waals surface area contributed by atoms with Crippen LogP contribution in [0.4, 0.5) is 4.39 Å². The molecule has 0 spiro atoms. The van der Waals surface area contributed by atoms with E-state index >= 15 is 0 Å². The van der Waals surface area contributed by atoms with Crippen LogP contribution in [0.15, 0.2) is 66.7 Å². The van der Waals surface area contributed by atoms with Gasteiger partial charge in [-0.1, -0.05) is 36.4 Å². The van der Waals surface area contributed by atoms with Crippen LogP contribution in [0.3, 0.4) is 0 Å². The highest BCUT2D eigenvalue weighted by Crippen LogP contribution is 2.31. The van der Waals surface area contributed by atoms with Crippen LogP contribution in [0.25, 0.3) is 22.2 Å². The summed E-state index contributed by atoms with van der Waals surface area (Å²) in [5, 5.41) is 9.28. The number of likely N-dealkylation sites (tertiary alicyclic amines) is 1. The van der Waals surface area contributed by atoms with E-state index in [4.69, 9.17) is 4.98 Å². The predicted molar refractivity (Wildman–Crippen MR) is 121 cm³/mol. The molecule has 1 aromatic heterocycles. The van der Waals surface area contributed by atoms with E-state index in [1.54, 1.807) is 36.4 Å². The minimum atomic E-state index is -0.252. The van der Waals surface area contributed by atoms with Crippen LogP contribution in [0.5, 0.6) is 0 Å². The number of nitrogens with zero attached hydrogens (tertiary/aromatic N) is 3. The Morgan fingerprint density at radius 1 is 1.06 bits per heavy atom. The molecule has 0 atom stereocenters. The van der Waals surface area contributed by atoms with Crippen molar-refractivity contribution in [3.05, 3.63) is 89.5 Å². The van der Waals surface area contributed by atoms with Gasteiger partial charge in [0.05, 0.1) is 28.2 Å². The zero-order chi connectivity index (χ0) is 22.1. The quantitative estimate of drug-likeness (QED) is 0.488. The van der Waals surface area contributed by atoms with E-state index in [1.807, 2.05) is 29.2 Å². The molecule has 5 nitrogen and oxygen atoms in total. The van der Waals surface area contributed by atoms with E-state index in [0.717, 1.165) is 35.3 Å². The van der Waals surface area contributed by atoms with Crippen LogP contribution in [0.1, 0.15) is 40.5 Å². The first-order valence-electron chi connectivity index (χ1n) is 10.7. The molecule has 1 aliphatic heterocycles. The lowest BCUT2D eigenvalue weighted by molar-refractivity contribution is 0.0711. The van der Waals surface area contributed by atoms with Gasteiger partial charge in [-0.25, -0.2) is 9.37 Å². The normalized spacial score (nSPS) is 14.4. The number of carbonyl (C=O) groups is 1. The van der Waals surface area contributed by atoms with Gasteiger partial charge in [0, 0.05) is 24.6 Å². The van der Waals surface area contributed by atoms with Crippen molar-refractivity contribution in [2.75, 3.05) is 13.1 Å². The van der Waals surface area contributed by atoms with Gasteiger partial charge in [-0.05, 0) is 48.7 Å². The van der Waals surface area contributed by atoms with Crippen molar-refractivity contribution in [1.29, 1.82) is 5.26 Å². The van der Waals surface area contributed by atoms with Crippen molar-refractivity contribution in [2.24, 2.45) is 0 Å². The molecule has 1 N–H and O–H groups in total. The standard InChI is InChI=1S/C26H21FN4O/c27-22-8-4-3-6-20(22)18-9-10-23-24(15-18)30-25(29-23)17-11-13-31(14-12-17)26(32)21-7-2-1-5-19(21)16-28/h1-10,15,17H,11-14H2,(H,29,30). The number of fused-ring (bicyclic) bond motifs is 1. The van der Waals surface area contributed by atoms with Crippen LogP contribution >= 0.6 is 0 Å². The van der Waals surface area contributed by atoms with Crippen molar-refractivity contribution < 1.29 is 9.18 Å². The lowest BCUT2D eigenvalue weighted by Crippen LogP contribution is -2.38. The number of nitrogens with one attached hydrogen (secondary N) is 1. The molecule has 0 radical (unpaired) electrons. The van der Waals surface area contributed by atoms with Gasteiger partial charge in [0.1, 0.15) is 11.6 Å². The Kier molecular flexibility index (Phi) is 5.16. The molecule has 1 amide bonds. The van der Waals surface area contributed by atoms with Gasteiger partial charge in [-0.2, -0.15) is 5.26 Å². The Labute approximate surface area is 185 Å². The number of piperidine rings is 1. The van der Waals surface area contributed by atoms with Crippen LogP contribution in [0, 0.1) is 17.1 Å². The summed E-state index contributed by atoms with van der Waals surface area (Å²) in [7, 11) is 0. The van der Waals surface area contributed by atoms with E-state index in [9.17, 15) is 14.4 Å². The third kappa shape index (κ3) is 3.63. The SMILES string of the molecule is N#Cc1ccccc1C(=O)N1CCC(c2nc3cc(-c4ccccc4F)ccc3[nH]2)CC1. The summed E-state index contributed by atoms with van der Waals surface area (Å²) < 4.78 is 14.2. The van der Waals surface area contributed by atoms with E-state index in [1.165, 1.54) is 6.07 Å². The number of benzene rings is 3. The lowest BCUT2D eigenvalue weighted by atomic mass is 9.95. The second kappa shape index (κ2) is 8.27. The van der Waals surface area contributed by atoms with E-state index < -0.39 is 0 Å². The molecule has 6 heteroatoms. The van der Waals surface area contributed by atoms with Gasteiger partial charge < -0.3 is 9.88 Å². The molecule has 3 aromatic carbocycles. The highest BCUT2D eigenvalue weighted by atomic mass is 19.1. The van der Waals surface area contributed by atoms with Crippen LogP contribution < -0.4 is 0 Å². The maximum Gasteiger partial charge on any atom is 0.255 e. The number of aromatic amines is 1. The average Bonchev–Trinajstić information content (AvgIpc) is 3.27. The van der Waals surface area contributed by atoms with Gasteiger partial charge in [-0.3, -0.25) is 4.79 Å². The van der Waals surface area contributed by atoms with Crippen LogP contribution in [0.2, 0.25) is 0 Å². The molecule has 158 valence electrons. The lowest BCUT2D eigenvalue weighted by Gasteiger charge is -2.31. The molecule has 32 heavy (non-hydrogen) atoms. The number of hydrogen-bond acceptors (Lipinski definition) is 3. The Hall–Kier alpha value is -3.98. The third-order valence-electron chi connectivity index (χ3n) is 6.13. The average molecular weight is 424 g/mol. The highest BCUT2D eigenvalue weighted by molar-refractivity contribution is 5.96. The molecule has 4 aromatic rings. The maximum atomic E-state index is 14.2. The van der Waals surface area contributed by atoms with Crippen molar-refractivity contribution >= 4 is 16.9 Å². The van der Waals surface area contributed by atoms with Crippen molar-refractivity contribution in [3.63, 3.8) is 0 Å². The Bertz CT molecular complexity index is 1350. The number of halogens is 1. The second-order valence-electron chi connectivity index (χ2n) is 8.06. The fraction of sp³-hybridized carbons (Fsp3) is 0.192. The van der Waals surface area contributed by atoms with Crippen LogP contribution in [-0.2, 0) is 0 Å². The summed E-state index contributed by atoms with van der Waals surface area (Å²) in [6.45, 7) is 1.22. The van der Waals surface area contributed by atoms with E-state index in [-0.39, 0.29) is 17.6 Å². The monoisotopic (exact) mass is 424 g/mol. The number of carbonyl (C=O) groups excluding carboxylic acids is 1. The van der Waals surface area contributed by atoms with E-state index in [2.05, 4.69) is 11.1 Å². The summed E-state index contributed by atoms with van der Waals surface area (Å²) in [4.78, 5) is 22.9. The van der Waals surface area contributed by atoms with Gasteiger partial charge in [0.15, 0.2) is 0 Å². The molecule has 0 saturated carbocycles. The van der Waals surface area contributed by atoms with Crippen molar-refractivity contribution in [3.8, 4) is 17.2 Å². The number of amides is 1. The topological polar surface area (TPSA) is 72.8 Å². The Morgan fingerprint density at radius 2 is 1.81 bits per heavy atom. The van der Waals surface area contributed by atoms with Gasteiger partial charge >= 0.3 is 0 Å². The number of H-pyrrole nitrogens is 1. The fourth-order valence-electron chi connectivity index (χ4n) is 4.38. The zero-order valence-electron chi connectivity index (χ0n) is 17.4. The van der Waals surface area contributed by atoms with Crippen molar-refractivity contribution in [1.82, 2.24) is 14.9 Å². The Morgan fingerprint density at radius 3 is 2.59 bits per heavy atom. The van der Waals surface area contributed by atoms with E-state index in [0.29, 0.717) is 29.8 Å². The Balaban J connectivity index is 1.32.